The van der Waals surface area contributed by atoms with Crippen molar-refractivity contribution in [2.24, 2.45) is 0 Å². The lowest BCUT2D eigenvalue weighted by molar-refractivity contribution is -0.138. The molecule has 0 aromatic heterocycles. The number of halogens is 3. The lowest BCUT2D eigenvalue weighted by atomic mass is 10.1. The highest BCUT2D eigenvalue weighted by Gasteiger charge is 2.28. The molecule has 7 heteroatoms. The van der Waals surface area contributed by atoms with Gasteiger partial charge in [0, 0.05) is 26.2 Å². The van der Waals surface area contributed by atoms with E-state index in [1.807, 2.05) is 24.3 Å². The van der Waals surface area contributed by atoms with Crippen LogP contribution in [0, 0.1) is 0 Å². The predicted molar refractivity (Wildman–Crippen MR) is 85.0 cm³/mol. The van der Waals surface area contributed by atoms with Crippen LogP contribution in [0.4, 0.5) is 13.2 Å². The number of benzene rings is 1. The zero-order valence-electron chi connectivity index (χ0n) is 13.8. The Bertz CT molecular complexity index is 549. The second kappa shape index (κ2) is 8.37. The van der Waals surface area contributed by atoms with Crippen LogP contribution in [-0.2, 0) is 11.2 Å². The maximum absolute atomic E-state index is 12.4. The second-order valence-corrected chi connectivity index (χ2v) is 5.97. The van der Waals surface area contributed by atoms with Gasteiger partial charge in [-0.1, -0.05) is 12.1 Å². The van der Waals surface area contributed by atoms with Crippen LogP contribution >= 0.6 is 0 Å². The first-order chi connectivity index (χ1) is 11.4. The number of rotatable bonds is 5. The molecule has 0 unspecified atom stereocenters. The highest BCUT2D eigenvalue weighted by atomic mass is 19.4. The smallest absolute Gasteiger partial charge is 0.390 e. The summed E-state index contributed by atoms with van der Waals surface area (Å²) in [4.78, 5) is 16.0. The Balaban J connectivity index is 1.85. The molecule has 1 aromatic carbocycles. The summed E-state index contributed by atoms with van der Waals surface area (Å²) in [5, 5.41) is 0. The predicted octanol–water partition coefficient (Wildman–Crippen LogP) is 2.72. The number of hydrogen-bond donors (Lipinski definition) is 0. The molecule has 0 aliphatic carbocycles. The molecule has 0 bridgehead atoms. The second-order valence-electron chi connectivity index (χ2n) is 5.97. The SMILES string of the molecule is COc1cccc(CC(=O)N2CCCN(CCC(F)(F)F)CC2)c1. The molecule has 0 saturated carbocycles. The first kappa shape index (κ1) is 18.6. The fraction of sp³-hybridized carbons (Fsp3) is 0.588. The molecule has 1 aromatic rings. The molecule has 0 N–H and O–H groups in total. The third-order valence-corrected chi connectivity index (χ3v) is 4.14. The van der Waals surface area contributed by atoms with E-state index in [9.17, 15) is 18.0 Å². The molecular weight excluding hydrogens is 321 g/mol. The van der Waals surface area contributed by atoms with E-state index in [0.717, 1.165) is 5.56 Å². The van der Waals surface area contributed by atoms with E-state index in [1.54, 1.807) is 16.9 Å². The molecule has 4 nitrogen and oxygen atoms in total. The van der Waals surface area contributed by atoms with Crippen LogP contribution in [0.2, 0.25) is 0 Å². The molecule has 2 rings (SSSR count). The summed E-state index contributed by atoms with van der Waals surface area (Å²) >= 11 is 0. The fourth-order valence-electron chi connectivity index (χ4n) is 2.80. The number of hydrogen-bond acceptors (Lipinski definition) is 3. The van der Waals surface area contributed by atoms with Crippen LogP contribution in [0.1, 0.15) is 18.4 Å². The van der Waals surface area contributed by atoms with E-state index in [0.29, 0.717) is 38.3 Å². The number of carbonyl (C=O) groups excluding carboxylic acids is 1. The van der Waals surface area contributed by atoms with Crippen molar-refractivity contribution in [2.45, 2.75) is 25.4 Å². The van der Waals surface area contributed by atoms with Gasteiger partial charge in [0.2, 0.25) is 5.91 Å². The molecule has 1 amide bonds. The lowest BCUT2D eigenvalue weighted by Gasteiger charge is -2.22. The quantitative estimate of drug-likeness (QED) is 0.823. The number of carbonyl (C=O) groups is 1. The highest BCUT2D eigenvalue weighted by molar-refractivity contribution is 5.79. The Hall–Kier alpha value is -1.76. The molecule has 1 fully saturated rings. The number of ether oxygens (including phenoxy) is 1. The standard InChI is InChI=1S/C17H23F3N2O2/c1-24-15-5-2-4-14(12-15)13-16(23)22-8-3-7-21(10-11-22)9-6-17(18,19)20/h2,4-5,12H,3,6-11,13H2,1H3. The van der Waals surface area contributed by atoms with Gasteiger partial charge in [-0.15, -0.1) is 0 Å². The van der Waals surface area contributed by atoms with Crippen molar-refractivity contribution in [3.63, 3.8) is 0 Å². The topological polar surface area (TPSA) is 32.8 Å². The van der Waals surface area contributed by atoms with Gasteiger partial charge in [-0.3, -0.25) is 4.79 Å². The van der Waals surface area contributed by atoms with Gasteiger partial charge in [0.25, 0.3) is 0 Å². The molecule has 24 heavy (non-hydrogen) atoms. The Kier molecular flexibility index (Phi) is 6.48. The van der Waals surface area contributed by atoms with Gasteiger partial charge >= 0.3 is 6.18 Å². The minimum Gasteiger partial charge on any atom is -0.497 e. The Morgan fingerprint density at radius 1 is 1.21 bits per heavy atom. The minimum absolute atomic E-state index is 0.000856. The largest absolute Gasteiger partial charge is 0.497 e. The van der Waals surface area contributed by atoms with Crippen LogP contribution in [0.15, 0.2) is 24.3 Å². The molecule has 134 valence electrons. The molecule has 1 heterocycles. The number of methoxy groups -OCH3 is 1. The van der Waals surface area contributed by atoms with Gasteiger partial charge in [0.1, 0.15) is 5.75 Å². The summed E-state index contributed by atoms with van der Waals surface area (Å²) in [6, 6.07) is 7.35. The van der Waals surface area contributed by atoms with Crippen molar-refractivity contribution in [2.75, 3.05) is 39.8 Å². The van der Waals surface area contributed by atoms with E-state index >= 15 is 0 Å². The van der Waals surface area contributed by atoms with Gasteiger partial charge in [0.05, 0.1) is 20.0 Å². The van der Waals surface area contributed by atoms with Crippen LogP contribution < -0.4 is 4.74 Å². The van der Waals surface area contributed by atoms with Crippen molar-refractivity contribution in [1.82, 2.24) is 9.80 Å². The van der Waals surface area contributed by atoms with E-state index < -0.39 is 12.6 Å². The van der Waals surface area contributed by atoms with Crippen molar-refractivity contribution in [1.29, 1.82) is 0 Å². The third-order valence-electron chi connectivity index (χ3n) is 4.14. The molecule has 1 aliphatic heterocycles. The van der Waals surface area contributed by atoms with E-state index in [1.165, 1.54) is 0 Å². The molecule has 1 saturated heterocycles. The van der Waals surface area contributed by atoms with Crippen molar-refractivity contribution < 1.29 is 22.7 Å². The summed E-state index contributed by atoms with van der Waals surface area (Å²) in [6.07, 6.45) is -3.96. The van der Waals surface area contributed by atoms with Crippen molar-refractivity contribution in [3.05, 3.63) is 29.8 Å². The number of amides is 1. The Morgan fingerprint density at radius 3 is 2.71 bits per heavy atom. The molecule has 0 atom stereocenters. The average Bonchev–Trinajstić information content (AvgIpc) is 2.78. The molecular formula is C17H23F3N2O2. The van der Waals surface area contributed by atoms with Crippen LogP contribution in [0.5, 0.6) is 5.75 Å². The zero-order chi connectivity index (χ0) is 17.6. The van der Waals surface area contributed by atoms with E-state index in [-0.39, 0.29) is 18.9 Å². The molecule has 0 spiro atoms. The fourth-order valence-corrected chi connectivity index (χ4v) is 2.80. The summed E-state index contributed by atoms with van der Waals surface area (Å²) < 4.78 is 42.1. The zero-order valence-corrected chi connectivity index (χ0v) is 13.8. The Labute approximate surface area is 140 Å². The van der Waals surface area contributed by atoms with Crippen LogP contribution in [0.3, 0.4) is 0 Å². The first-order valence-electron chi connectivity index (χ1n) is 8.07. The monoisotopic (exact) mass is 344 g/mol. The van der Waals surface area contributed by atoms with Gasteiger partial charge in [-0.2, -0.15) is 13.2 Å². The number of nitrogens with zero attached hydrogens (tertiary/aromatic N) is 2. The maximum atomic E-state index is 12.4. The minimum atomic E-state index is -4.13. The average molecular weight is 344 g/mol. The summed E-state index contributed by atoms with van der Waals surface area (Å²) in [7, 11) is 1.57. The third kappa shape index (κ3) is 6.03. The van der Waals surface area contributed by atoms with Gasteiger partial charge in [-0.25, -0.2) is 0 Å². The summed E-state index contributed by atoms with van der Waals surface area (Å²) in [5.41, 5.74) is 0.873. The Morgan fingerprint density at radius 2 is 2.00 bits per heavy atom. The number of alkyl halides is 3. The summed E-state index contributed by atoms with van der Waals surface area (Å²) in [6.45, 7) is 2.15. The van der Waals surface area contributed by atoms with Crippen molar-refractivity contribution >= 4 is 5.91 Å². The van der Waals surface area contributed by atoms with E-state index in [2.05, 4.69) is 0 Å². The van der Waals surface area contributed by atoms with Crippen LogP contribution in [-0.4, -0.2) is 61.7 Å². The normalized spacial score (nSPS) is 16.8. The highest BCUT2D eigenvalue weighted by Crippen LogP contribution is 2.20. The molecule has 0 radical (unpaired) electrons. The lowest BCUT2D eigenvalue weighted by Crippen LogP contribution is -2.36. The molecule has 1 aliphatic rings. The van der Waals surface area contributed by atoms with Gasteiger partial charge < -0.3 is 14.5 Å². The van der Waals surface area contributed by atoms with Gasteiger partial charge in [-0.05, 0) is 30.7 Å². The van der Waals surface area contributed by atoms with E-state index in [4.69, 9.17) is 4.74 Å². The van der Waals surface area contributed by atoms with Gasteiger partial charge in [0.15, 0.2) is 0 Å². The summed E-state index contributed by atoms with van der Waals surface area (Å²) in [5.74, 6) is 0.704. The first-order valence-corrected chi connectivity index (χ1v) is 8.07. The van der Waals surface area contributed by atoms with Crippen molar-refractivity contribution in [3.8, 4) is 5.75 Å². The van der Waals surface area contributed by atoms with Crippen LogP contribution in [0.25, 0.3) is 0 Å². The maximum Gasteiger partial charge on any atom is 0.390 e.